The maximum atomic E-state index is 5.40. The van der Waals surface area contributed by atoms with E-state index in [1.807, 2.05) is 38.2 Å². The van der Waals surface area contributed by atoms with Gasteiger partial charge in [0.1, 0.15) is 5.75 Å². The maximum absolute atomic E-state index is 5.40. The van der Waals surface area contributed by atoms with Crippen molar-refractivity contribution in [1.82, 2.24) is 4.57 Å². The zero-order valence-electron chi connectivity index (χ0n) is 10.3. The van der Waals surface area contributed by atoms with Gasteiger partial charge in [0.15, 0.2) is 0 Å². The number of hydrogen-bond acceptors (Lipinski definition) is 2. The van der Waals surface area contributed by atoms with E-state index in [1.165, 1.54) is 5.56 Å². The molecule has 0 amide bonds. The van der Waals surface area contributed by atoms with Crippen LogP contribution in [0, 0.1) is 0 Å². The molecule has 0 radical (unpaired) electrons. The molecule has 0 saturated heterocycles. The van der Waals surface area contributed by atoms with Crippen LogP contribution < -0.4 is 10.1 Å². The van der Waals surface area contributed by atoms with Crippen LogP contribution in [0.3, 0.4) is 0 Å². The van der Waals surface area contributed by atoms with E-state index in [4.69, 9.17) is 4.74 Å². The first-order valence-corrected chi connectivity index (χ1v) is 5.85. The second-order valence-electron chi connectivity index (χ2n) is 4.00. The Balaban J connectivity index is 1.90. The standard InChI is InChI=1S/C14H18N2O/c1-3-17-14-6-4-13(5-7-14)15-10-12-8-9-16(2)11-12/h4-9,11,15H,3,10H2,1-2H3. The van der Waals surface area contributed by atoms with Crippen LogP contribution in [0.2, 0.25) is 0 Å². The first-order chi connectivity index (χ1) is 8.28. The number of hydrogen-bond donors (Lipinski definition) is 1. The van der Waals surface area contributed by atoms with Crippen molar-refractivity contribution in [3.63, 3.8) is 0 Å². The van der Waals surface area contributed by atoms with Gasteiger partial charge >= 0.3 is 0 Å². The number of aromatic nitrogens is 1. The molecule has 90 valence electrons. The first-order valence-electron chi connectivity index (χ1n) is 5.85. The molecule has 2 aromatic rings. The van der Waals surface area contributed by atoms with Crippen LogP contribution in [0.25, 0.3) is 0 Å². The average molecular weight is 230 g/mol. The van der Waals surface area contributed by atoms with E-state index >= 15 is 0 Å². The van der Waals surface area contributed by atoms with Crippen LogP contribution in [0.4, 0.5) is 5.69 Å². The Kier molecular flexibility index (Phi) is 3.70. The van der Waals surface area contributed by atoms with Gasteiger partial charge in [0.05, 0.1) is 6.61 Å². The van der Waals surface area contributed by atoms with Crippen molar-refractivity contribution >= 4 is 5.69 Å². The number of benzene rings is 1. The third-order valence-corrected chi connectivity index (χ3v) is 2.56. The minimum atomic E-state index is 0.705. The Labute approximate surface area is 102 Å². The highest BCUT2D eigenvalue weighted by Gasteiger charge is 1.96. The van der Waals surface area contributed by atoms with Gasteiger partial charge in [0.2, 0.25) is 0 Å². The summed E-state index contributed by atoms with van der Waals surface area (Å²) in [5, 5.41) is 3.37. The summed E-state index contributed by atoms with van der Waals surface area (Å²) in [5.41, 5.74) is 2.39. The molecule has 0 fully saturated rings. The normalized spacial score (nSPS) is 10.2. The Morgan fingerprint density at radius 3 is 2.53 bits per heavy atom. The summed E-state index contributed by atoms with van der Waals surface area (Å²) in [6.45, 7) is 3.53. The fourth-order valence-corrected chi connectivity index (χ4v) is 1.71. The van der Waals surface area contributed by atoms with E-state index in [1.54, 1.807) is 0 Å². The van der Waals surface area contributed by atoms with Gasteiger partial charge in [0.25, 0.3) is 0 Å². The SMILES string of the molecule is CCOc1ccc(NCc2ccn(C)c2)cc1. The molecule has 1 aromatic heterocycles. The van der Waals surface area contributed by atoms with Gasteiger partial charge in [0, 0.05) is 31.7 Å². The van der Waals surface area contributed by atoms with Gasteiger partial charge in [-0.1, -0.05) is 0 Å². The van der Waals surface area contributed by atoms with E-state index < -0.39 is 0 Å². The molecular weight excluding hydrogens is 212 g/mol. The van der Waals surface area contributed by atoms with Gasteiger partial charge in [-0.15, -0.1) is 0 Å². The molecule has 0 aliphatic heterocycles. The highest BCUT2D eigenvalue weighted by Crippen LogP contribution is 2.16. The van der Waals surface area contributed by atoms with E-state index in [-0.39, 0.29) is 0 Å². The third-order valence-electron chi connectivity index (χ3n) is 2.56. The third kappa shape index (κ3) is 3.28. The molecule has 17 heavy (non-hydrogen) atoms. The number of nitrogens with zero attached hydrogens (tertiary/aromatic N) is 1. The van der Waals surface area contributed by atoms with E-state index in [2.05, 4.69) is 28.3 Å². The largest absolute Gasteiger partial charge is 0.494 e. The Hall–Kier alpha value is -1.90. The maximum Gasteiger partial charge on any atom is 0.119 e. The summed E-state index contributed by atoms with van der Waals surface area (Å²) in [5.74, 6) is 0.915. The molecule has 3 nitrogen and oxygen atoms in total. The van der Waals surface area contributed by atoms with Crippen molar-refractivity contribution in [2.75, 3.05) is 11.9 Å². The molecule has 0 aliphatic rings. The summed E-state index contributed by atoms with van der Waals surface area (Å²) in [7, 11) is 2.03. The van der Waals surface area contributed by atoms with Crippen LogP contribution in [-0.2, 0) is 13.6 Å². The molecule has 0 bridgehead atoms. The zero-order valence-corrected chi connectivity index (χ0v) is 10.3. The Morgan fingerprint density at radius 1 is 1.18 bits per heavy atom. The molecule has 1 heterocycles. The van der Waals surface area contributed by atoms with Gasteiger partial charge in [-0.3, -0.25) is 0 Å². The quantitative estimate of drug-likeness (QED) is 0.854. The van der Waals surface area contributed by atoms with Crippen LogP contribution in [0.5, 0.6) is 5.75 Å². The predicted octanol–water partition coefficient (Wildman–Crippen LogP) is 3.04. The van der Waals surface area contributed by atoms with Crippen molar-refractivity contribution in [3.8, 4) is 5.75 Å². The molecule has 1 aromatic carbocycles. The lowest BCUT2D eigenvalue weighted by molar-refractivity contribution is 0.340. The lowest BCUT2D eigenvalue weighted by atomic mass is 10.3. The zero-order chi connectivity index (χ0) is 12.1. The molecule has 2 rings (SSSR count). The van der Waals surface area contributed by atoms with E-state index in [9.17, 15) is 0 Å². The van der Waals surface area contributed by atoms with Crippen LogP contribution >= 0.6 is 0 Å². The smallest absolute Gasteiger partial charge is 0.119 e. The summed E-state index contributed by atoms with van der Waals surface area (Å²) in [6.07, 6.45) is 4.16. The van der Waals surface area contributed by atoms with Gasteiger partial charge < -0.3 is 14.6 Å². The second kappa shape index (κ2) is 5.43. The Morgan fingerprint density at radius 2 is 1.94 bits per heavy atom. The monoisotopic (exact) mass is 230 g/mol. The molecule has 3 heteroatoms. The average Bonchev–Trinajstić information content (AvgIpc) is 2.75. The molecule has 0 aliphatic carbocycles. The fourth-order valence-electron chi connectivity index (χ4n) is 1.71. The minimum Gasteiger partial charge on any atom is -0.494 e. The highest BCUT2D eigenvalue weighted by atomic mass is 16.5. The fraction of sp³-hybridized carbons (Fsp3) is 0.286. The van der Waals surface area contributed by atoms with Crippen LogP contribution in [0.1, 0.15) is 12.5 Å². The minimum absolute atomic E-state index is 0.705. The number of nitrogens with one attached hydrogen (secondary N) is 1. The molecule has 0 spiro atoms. The number of aryl methyl sites for hydroxylation is 1. The van der Waals surface area contributed by atoms with Crippen molar-refractivity contribution in [2.24, 2.45) is 7.05 Å². The molecular formula is C14H18N2O. The topological polar surface area (TPSA) is 26.2 Å². The summed E-state index contributed by atoms with van der Waals surface area (Å²) in [4.78, 5) is 0. The second-order valence-corrected chi connectivity index (χ2v) is 4.00. The highest BCUT2D eigenvalue weighted by molar-refractivity contribution is 5.46. The summed E-state index contributed by atoms with van der Waals surface area (Å²) >= 11 is 0. The van der Waals surface area contributed by atoms with E-state index in [0.29, 0.717) is 6.61 Å². The molecule has 1 N–H and O–H groups in total. The van der Waals surface area contributed by atoms with Crippen molar-refractivity contribution in [3.05, 3.63) is 48.3 Å². The van der Waals surface area contributed by atoms with Crippen molar-refractivity contribution in [2.45, 2.75) is 13.5 Å². The predicted molar refractivity (Wildman–Crippen MR) is 70.4 cm³/mol. The molecule has 0 atom stereocenters. The van der Waals surface area contributed by atoms with Crippen molar-refractivity contribution in [1.29, 1.82) is 0 Å². The van der Waals surface area contributed by atoms with Crippen molar-refractivity contribution < 1.29 is 4.74 Å². The first kappa shape index (κ1) is 11.6. The molecule has 0 saturated carbocycles. The Bertz CT molecular complexity index is 459. The van der Waals surface area contributed by atoms with Crippen LogP contribution in [-0.4, -0.2) is 11.2 Å². The number of rotatable bonds is 5. The van der Waals surface area contributed by atoms with E-state index in [0.717, 1.165) is 18.0 Å². The van der Waals surface area contributed by atoms with Gasteiger partial charge in [-0.05, 0) is 42.8 Å². The number of ether oxygens (including phenoxy) is 1. The summed E-state index contributed by atoms with van der Waals surface area (Å²) < 4.78 is 7.45. The summed E-state index contributed by atoms with van der Waals surface area (Å²) in [6, 6.07) is 10.1. The number of anilines is 1. The lowest BCUT2D eigenvalue weighted by Crippen LogP contribution is -1.98. The van der Waals surface area contributed by atoms with Gasteiger partial charge in [-0.2, -0.15) is 0 Å². The lowest BCUT2D eigenvalue weighted by Gasteiger charge is -2.07. The molecule has 0 unspecified atom stereocenters. The van der Waals surface area contributed by atoms with Crippen LogP contribution in [0.15, 0.2) is 42.7 Å². The van der Waals surface area contributed by atoms with Gasteiger partial charge in [-0.25, -0.2) is 0 Å².